The minimum absolute atomic E-state index is 0.0457. The molecule has 2 aromatic carbocycles. The van der Waals surface area contributed by atoms with Gasteiger partial charge in [-0.3, -0.25) is 9.69 Å². The van der Waals surface area contributed by atoms with E-state index in [1.165, 1.54) is 32.3 Å². The predicted molar refractivity (Wildman–Crippen MR) is 109 cm³/mol. The average molecular weight is 438 g/mol. The minimum Gasteiger partial charge on any atom is -0.351 e. The number of hydrogen-bond acceptors (Lipinski definition) is 4. The fourth-order valence-electron chi connectivity index (χ4n) is 3.15. The number of amides is 1. The van der Waals surface area contributed by atoms with Crippen molar-refractivity contribution in [3.05, 3.63) is 65.2 Å². The van der Waals surface area contributed by atoms with E-state index in [9.17, 15) is 22.0 Å². The lowest BCUT2D eigenvalue weighted by Crippen LogP contribution is -2.38. The Morgan fingerprint density at radius 2 is 1.80 bits per heavy atom. The fraction of sp³-hybridized carbons (Fsp3) is 0.381. The van der Waals surface area contributed by atoms with Gasteiger partial charge in [0.25, 0.3) is 0 Å². The maximum atomic E-state index is 14.0. The third-order valence-electron chi connectivity index (χ3n) is 5.01. The zero-order chi connectivity index (χ0) is 21.9. The number of nitrogens with one attached hydrogen (secondary N) is 1. The second-order valence-corrected chi connectivity index (χ2v) is 9.66. The number of carbonyl (C=O) groups is 1. The fourth-order valence-corrected chi connectivity index (χ4v) is 4.27. The molecule has 30 heavy (non-hydrogen) atoms. The van der Waals surface area contributed by atoms with Gasteiger partial charge < -0.3 is 5.32 Å². The number of rotatable bonds is 9. The van der Waals surface area contributed by atoms with Gasteiger partial charge >= 0.3 is 0 Å². The zero-order valence-electron chi connectivity index (χ0n) is 16.9. The second-order valence-electron chi connectivity index (χ2n) is 7.54. The molecule has 1 aliphatic rings. The van der Waals surface area contributed by atoms with E-state index in [4.69, 9.17) is 0 Å². The van der Waals surface area contributed by atoms with Gasteiger partial charge in [-0.2, -0.15) is 0 Å². The summed E-state index contributed by atoms with van der Waals surface area (Å²) in [7, 11) is -0.729. The Bertz CT molecular complexity index is 1020. The molecule has 0 aromatic heterocycles. The number of benzene rings is 2. The van der Waals surface area contributed by atoms with Crippen molar-refractivity contribution < 1.29 is 22.0 Å². The molecule has 0 atom stereocenters. The highest BCUT2D eigenvalue weighted by Crippen LogP contribution is 2.28. The number of halogens is 2. The summed E-state index contributed by atoms with van der Waals surface area (Å²) in [6.07, 6.45) is 1.83. The molecule has 0 saturated heterocycles. The van der Waals surface area contributed by atoms with Crippen molar-refractivity contribution in [1.82, 2.24) is 14.5 Å². The van der Waals surface area contributed by atoms with E-state index in [-0.39, 0.29) is 36.5 Å². The van der Waals surface area contributed by atoms with E-state index in [0.717, 1.165) is 23.2 Å². The smallest absolute Gasteiger partial charge is 0.242 e. The molecule has 2 aromatic rings. The number of hydrogen-bond donors (Lipinski definition) is 1. The molecule has 1 aliphatic carbocycles. The lowest BCUT2D eigenvalue weighted by atomic mass is 10.2. The normalized spacial score (nSPS) is 14.3. The molecular weight excluding hydrogens is 412 g/mol. The summed E-state index contributed by atoms with van der Waals surface area (Å²) in [6, 6.07) is 10.1. The summed E-state index contributed by atoms with van der Waals surface area (Å²) >= 11 is 0. The molecule has 0 unspecified atom stereocenters. The molecule has 0 spiro atoms. The van der Waals surface area contributed by atoms with Crippen LogP contribution in [0.3, 0.4) is 0 Å². The van der Waals surface area contributed by atoms with Gasteiger partial charge in [-0.1, -0.05) is 24.3 Å². The van der Waals surface area contributed by atoms with E-state index < -0.39 is 21.7 Å². The lowest BCUT2D eigenvalue weighted by Gasteiger charge is -2.22. The molecule has 0 aliphatic heterocycles. The zero-order valence-corrected chi connectivity index (χ0v) is 17.8. The maximum absolute atomic E-state index is 14.0. The molecule has 9 heteroatoms. The number of carbonyl (C=O) groups excluding carboxylic acids is 1. The van der Waals surface area contributed by atoms with Gasteiger partial charge in [-0.05, 0) is 30.5 Å². The first kappa shape index (κ1) is 22.3. The quantitative estimate of drug-likeness (QED) is 0.655. The summed E-state index contributed by atoms with van der Waals surface area (Å²) in [5.41, 5.74) is 0.820. The van der Waals surface area contributed by atoms with Crippen LogP contribution in [0.1, 0.15) is 24.0 Å². The first-order valence-corrected chi connectivity index (χ1v) is 11.1. The molecule has 1 fully saturated rings. The molecule has 1 N–H and O–H groups in total. The van der Waals surface area contributed by atoms with Crippen LogP contribution in [-0.4, -0.2) is 50.2 Å². The molecule has 1 saturated carbocycles. The van der Waals surface area contributed by atoms with Crippen molar-refractivity contribution in [1.29, 1.82) is 0 Å². The molecule has 1 amide bonds. The number of nitrogens with zero attached hydrogens (tertiary/aromatic N) is 2. The molecule has 162 valence electrons. The standard InChI is InChI=1S/C21H25F2N3O3S/c1-25(2)30(28,29)20-6-4-3-5-15(20)12-24-21(27)14-26(18-9-10-18)13-16-7-8-17(22)11-19(16)23/h3-8,11,18H,9-10,12-14H2,1-2H3,(H,24,27). The molecule has 6 nitrogen and oxygen atoms in total. The Labute approximate surface area is 175 Å². The monoisotopic (exact) mass is 437 g/mol. The van der Waals surface area contributed by atoms with Crippen LogP contribution in [0.4, 0.5) is 8.78 Å². The van der Waals surface area contributed by atoms with Crippen LogP contribution in [0.2, 0.25) is 0 Å². The van der Waals surface area contributed by atoms with E-state index >= 15 is 0 Å². The van der Waals surface area contributed by atoms with Crippen LogP contribution in [-0.2, 0) is 27.9 Å². The predicted octanol–water partition coefficient (Wildman–Crippen LogP) is 2.50. The Morgan fingerprint density at radius 3 is 2.43 bits per heavy atom. The summed E-state index contributed by atoms with van der Waals surface area (Å²) in [4.78, 5) is 14.5. The average Bonchev–Trinajstić information content (AvgIpc) is 3.53. The van der Waals surface area contributed by atoms with Crippen LogP contribution in [0.5, 0.6) is 0 Å². The van der Waals surface area contributed by atoms with Gasteiger partial charge in [-0.25, -0.2) is 21.5 Å². The van der Waals surface area contributed by atoms with Gasteiger partial charge in [-0.15, -0.1) is 0 Å². The van der Waals surface area contributed by atoms with Crippen LogP contribution in [0.15, 0.2) is 47.4 Å². The van der Waals surface area contributed by atoms with Crippen molar-refractivity contribution in [2.45, 2.75) is 36.9 Å². The summed E-state index contributed by atoms with van der Waals surface area (Å²) < 4.78 is 53.2. The van der Waals surface area contributed by atoms with E-state index in [1.54, 1.807) is 18.2 Å². The van der Waals surface area contributed by atoms with Crippen molar-refractivity contribution >= 4 is 15.9 Å². The van der Waals surface area contributed by atoms with Crippen LogP contribution in [0.25, 0.3) is 0 Å². The topological polar surface area (TPSA) is 69.7 Å². The molecule has 0 bridgehead atoms. The first-order chi connectivity index (χ1) is 14.2. The van der Waals surface area contributed by atoms with Gasteiger partial charge in [0.05, 0.1) is 11.4 Å². The van der Waals surface area contributed by atoms with Crippen LogP contribution < -0.4 is 5.32 Å². The molecular formula is C21H25F2N3O3S. The van der Waals surface area contributed by atoms with E-state index in [1.807, 2.05) is 4.90 Å². The van der Waals surface area contributed by atoms with Crippen molar-refractivity contribution in [2.24, 2.45) is 0 Å². The van der Waals surface area contributed by atoms with Crippen LogP contribution >= 0.6 is 0 Å². The first-order valence-electron chi connectivity index (χ1n) is 9.63. The highest BCUT2D eigenvalue weighted by Gasteiger charge is 2.31. The molecule has 3 rings (SSSR count). The molecule has 0 radical (unpaired) electrons. The summed E-state index contributed by atoms with van der Waals surface area (Å²) in [6.45, 7) is 0.311. The molecule has 0 heterocycles. The Balaban J connectivity index is 1.65. The van der Waals surface area contributed by atoms with Crippen molar-refractivity contribution in [3.63, 3.8) is 0 Å². The summed E-state index contributed by atoms with van der Waals surface area (Å²) in [5.74, 6) is -1.57. The number of sulfonamides is 1. The Kier molecular flexibility index (Phi) is 6.84. The van der Waals surface area contributed by atoms with Gasteiger partial charge in [0.15, 0.2) is 0 Å². The highest BCUT2D eigenvalue weighted by atomic mass is 32.2. The van der Waals surface area contributed by atoms with Crippen molar-refractivity contribution in [2.75, 3.05) is 20.6 Å². The maximum Gasteiger partial charge on any atom is 0.242 e. The third-order valence-corrected chi connectivity index (χ3v) is 6.92. The Morgan fingerprint density at radius 1 is 1.10 bits per heavy atom. The third kappa shape index (κ3) is 5.41. The second kappa shape index (κ2) is 9.20. The highest BCUT2D eigenvalue weighted by molar-refractivity contribution is 7.89. The van der Waals surface area contributed by atoms with Crippen LogP contribution in [0, 0.1) is 11.6 Å². The van der Waals surface area contributed by atoms with Gasteiger partial charge in [0.1, 0.15) is 11.6 Å². The van der Waals surface area contributed by atoms with Gasteiger partial charge in [0, 0.05) is 44.9 Å². The van der Waals surface area contributed by atoms with E-state index in [2.05, 4.69) is 5.32 Å². The minimum atomic E-state index is -3.63. The largest absolute Gasteiger partial charge is 0.351 e. The Hall–Kier alpha value is -2.36. The van der Waals surface area contributed by atoms with Crippen molar-refractivity contribution in [3.8, 4) is 0 Å². The SMILES string of the molecule is CN(C)S(=O)(=O)c1ccccc1CNC(=O)CN(Cc1ccc(F)cc1F)C1CC1. The van der Waals surface area contributed by atoms with E-state index in [0.29, 0.717) is 11.1 Å². The summed E-state index contributed by atoms with van der Waals surface area (Å²) in [5, 5.41) is 2.76. The van der Waals surface area contributed by atoms with Gasteiger partial charge in [0.2, 0.25) is 15.9 Å². The lowest BCUT2D eigenvalue weighted by molar-refractivity contribution is -0.122.